The SMILES string of the molecule is CC(C)C(N)C(=O)N1CCCC1c1nc2ccc(B3OC(C)(C)C(C)(C)O3)cc2[nH]1. The summed E-state index contributed by atoms with van der Waals surface area (Å²) in [6, 6.07) is 5.48. The minimum absolute atomic E-state index is 0.00543. The lowest BCUT2D eigenvalue weighted by Gasteiger charge is -2.32. The molecule has 2 fully saturated rings. The molecule has 0 saturated carbocycles. The lowest BCUT2D eigenvalue weighted by atomic mass is 9.79. The van der Waals surface area contributed by atoms with Crippen molar-refractivity contribution in [1.82, 2.24) is 14.9 Å². The number of rotatable bonds is 4. The minimum Gasteiger partial charge on any atom is -0.399 e. The number of nitrogens with zero attached hydrogens (tertiary/aromatic N) is 2. The molecule has 0 spiro atoms. The molecule has 162 valence electrons. The number of aromatic amines is 1. The first-order valence-corrected chi connectivity index (χ1v) is 10.9. The quantitative estimate of drug-likeness (QED) is 0.753. The van der Waals surface area contributed by atoms with Crippen LogP contribution in [0.1, 0.15) is 66.3 Å². The summed E-state index contributed by atoms with van der Waals surface area (Å²) in [5, 5.41) is 0. The molecule has 1 aromatic carbocycles. The second-order valence-corrected chi connectivity index (χ2v) is 9.95. The van der Waals surface area contributed by atoms with Crippen LogP contribution in [0.25, 0.3) is 11.0 Å². The third kappa shape index (κ3) is 3.55. The van der Waals surface area contributed by atoms with Crippen LogP contribution in [-0.2, 0) is 14.1 Å². The topological polar surface area (TPSA) is 93.5 Å². The number of carbonyl (C=O) groups excluding carboxylic acids is 1. The number of hydrogen-bond acceptors (Lipinski definition) is 5. The summed E-state index contributed by atoms with van der Waals surface area (Å²) in [5.41, 5.74) is 8.12. The average Bonchev–Trinajstić information content (AvgIpc) is 3.35. The highest BCUT2D eigenvalue weighted by molar-refractivity contribution is 6.62. The molecule has 2 saturated heterocycles. The largest absolute Gasteiger partial charge is 0.494 e. The zero-order valence-electron chi connectivity index (χ0n) is 18.9. The zero-order chi connectivity index (χ0) is 21.8. The Hall–Kier alpha value is -1.90. The van der Waals surface area contributed by atoms with Gasteiger partial charge in [0.05, 0.1) is 34.3 Å². The smallest absolute Gasteiger partial charge is 0.399 e. The van der Waals surface area contributed by atoms with E-state index >= 15 is 0 Å². The van der Waals surface area contributed by atoms with Crippen LogP contribution in [0, 0.1) is 5.92 Å². The number of H-pyrrole nitrogens is 1. The van der Waals surface area contributed by atoms with E-state index in [4.69, 9.17) is 20.0 Å². The van der Waals surface area contributed by atoms with E-state index in [9.17, 15) is 4.79 Å². The first-order valence-electron chi connectivity index (χ1n) is 10.9. The summed E-state index contributed by atoms with van der Waals surface area (Å²) in [6.45, 7) is 12.9. The normalized spacial score (nSPS) is 24.2. The Morgan fingerprint density at radius 3 is 2.57 bits per heavy atom. The minimum atomic E-state index is -0.482. The van der Waals surface area contributed by atoms with Crippen LogP contribution < -0.4 is 11.2 Å². The van der Waals surface area contributed by atoms with E-state index in [1.165, 1.54) is 0 Å². The molecule has 2 atom stereocenters. The molecule has 7 nitrogen and oxygen atoms in total. The van der Waals surface area contributed by atoms with Gasteiger partial charge in [0.1, 0.15) is 5.82 Å². The molecule has 2 aromatic rings. The van der Waals surface area contributed by atoms with Crippen LogP contribution in [0.2, 0.25) is 0 Å². The molecular weight excluding hydrogens is 379 g/mol. The van der Waals surface area contributed by atoms with Gasteiger partial charge in [-0.2, -0.15) is 0 Å². The average molecular weight is 412 g/mol. The van der Waals surface area contributed by atoms with Gasteiger partial charge < -0.3 is 24.9 Å². The summed E-state index contributed by atoms with van der Waals surface area (Å²) in [6.07, 6.45) is 1.85. The molecule has 2 aliphatic heterocycles. The summed E-state index contributed by atoms with van der Waals surface area (Å²) >= 11 is 0. The van der Waals surface area contributed by atoms with Gasteiger partial charge >= 0.3 is 7.12 Å². The Kier molecular flexibility index (Phi) is 5.23. The Morgan fingerprint density at radius 2 is 1.93 bits per heavy atom. The predicted octanol–water partition coefficient (Wildman–Crippen LogP) is 2.51. The Labute approximate surface area is 178 Å². The van der Waals surface area contributed by atoms with Crippen molar-refractivity contribution in [3.8, 4) is 0 Å². The van der Waals surface area contributed by atoms with E-state index in [2.05, 4.69) is 4.98 Å². The van der Waals surface area contributed by atoms with Crippen molar-refractivity contribution in [2.45, 2.75) is 77.7 Å². The van der Waals surface area contributed by atoms with Gasteiger partial charge in [0, 0.05) is 6.54 Å². The monoisotopic (exact) mass is 412 g/mol. The third-order valence-electron chi connectivity index (χ3n) is 6.90. The lowest BCUT2D eigenvalue weighted by molar-refractivity contribution is -0.134. The van der Waals surface area contributed by atoms with Gasteiger partial charge in [-0.3, -0.25) is 4.79 Å². The van der Waals surface area contributed by atoms with Crippen molar-refractivity contribution < 1.29 is 14.1 Å². The van der Waals surface area contributed by atoms with Gasteiger partial charge in [-0.1, -0.05) is 19.9 Å². The lowest BCUT2D eigenvalue weighted by Crippen LogP contribution is -2.46. The first kappa shape index (κ1) is 21.3. The molecule has 0 aliphatic carbocycles. The summed E-state index contributed by atoms with van der Waals surface area (Å²) in [5.74, 6) is 0.931. The van der Waals surface area contributed by atoms with Gasteiger partial charge in [0.2, 0.25) is 5.91 Å². The van der Waals surface area contributed by atoms with E-state index in [1.54, 1.807) is 0 Å². The van der Waals surface area contributed by atoms with Gasteiger partial charge in [-0.15, -0.1) is 0 Å². The molecule has 4 rings (SSSR count). The Bertz CT molecular complexity index is 939. The van der Waals surface area contributed by atoms with Gasteiger partial charge in [0.15, 0.2) is 0 Å². The molecule has 3 heterocycles. The van der Waals surface area contributed by atoms with Crippen LogP contribution in [-0.4, -0.2) is 51.7 Å². The van der Waals surface area contributed by atoms with Crippen molar-refractivity contribution in [3.63, 3.8) is 0 Å². The van der Waals surface area contributed by atoms with Gasteiger partial charge in [-0.25, -0.2) is 4.98 Å². The summed E-state index contributed by atoms with van der Waals surface area (Å²) in [7, 11) is -0.417. The molecular formula is C22H33BN4O3. The zero-order valence-corrected chi connectivity index (χ0v) is 18.9. The number of fused-ring (bicyclic) bond motifs is 1. The highest BCUT2D eigenvalue weighted by atomic mass is 16.7. The number of benzene rings is 1. The predicted molar refractivity (Wildman–Crippen MR) is 118 cm³/mol. The van der Waals surface area contributed by atoms with E-state index in [1.807, 2.05) is 64.6 Å². The van der Waals surface area contributed by atoms with E-state index in [0.717, 1.165) is 41.7 Å². The fraction of sp³-hybridized carbons (Fsp3) is 0.636. The van der Waals surface area contributed by atoms with Crippen molar-refractivity contribution in [2.75, 3.05) is 6.54 Å². The first-order chi connectivity index (χ1) is 14.0. The fourth-order valence-electron chi connectivity index (χ4n) is 4.12. The number of nitrogens with two attached hydrogens (primary N) is 1. The fourth-order valence-corrected chi connectivity index (χ4v) is 4.12. The van der Waals surface area contributed by atoms with Crippen molar-refractivity contribution in [1.29, 1.82) is 0 Å². The third-order valence-corrected chi connectivity index (χ3v) is 6.90. The standard InChI is InChI=1S/C22H33BN4O3/c1-13(2)18(24)20(28)27-11-7-8-17(27)19-25-15-10-9-14(12-16(15)26-19)23-29-21(3,4)22(5,6)30-23/h9-10,12-13,17-18H,7-8,11,24H2,1-6H3,(H,25,26). The Morgan fingerprint density at radius 1 is 1.27 bits per heavy atom. The summed E-state index contributed by atoms with van der Waals surface area (Å²) in [4.78, 5) is 23.0. The number of likely N-dealkylation sites (tertiary alicyclic amines) is 1. The molecule has 3 N–H and O–H groups in total. The maximum absolute atomic E-state index is 12.9. The van der Waals surface area contributed by atoms with Crippen LogP contribution in [0.4, 0.5) is 0 Å². The maximum atomic E-state index is 12.9. The molecule has 1 aromatic heterocycles. The van der Waals surface area contributed by atoms with E-state index < -0.39 is 13.2 Å². The number of carbonyl (C=O) groups is 1. The van der Waals surface area contributed by atoms with Crippen LogP contribution >= 0.6 is 0 Å². The molecule has 0 radical (unpaired) electrons. The van der Waals surface area contributed by atoms with Crippen LogP contribution in [0.5, 0.6) is 0 Å². The van der Waals surface area contributed by atoms with E-state index in [0.29, 0.717) is 0 Å². The molecule has 2 aliphatic rings. The molecule has 1 amide bonds. The van der Waals surface area contributed by atoms with Gasteiger partial charge in [-0.05, 0) is 64.1 Å². The van der Waals surface area contributed by atoms with Gasteiger partial charge in [0.25, 0.3) is 0 Å². The van der Waals surface area contributed by atoms with Crippen molar-refractivity contribution in [3.05, 3.63) is 24.0 Å². The highest BCUT2D eigenvalue weighted by Crippen LogP contribution is 2.37. The molecule has 2 unspecified atom stereocenters. The van der Waals surface area contributed by atoms with Crippen molar-refractivity contribution >= 4 is 29.5 Å². The second kappa shape index (κ2) is 7.36. The Balaban J connectivity index is 1.59. The molecule has 0 bridgehead atoms. The number of aromatic nitrogens is 2. The summed E-state index contributed by atoms with van der Waals surface area (Å²) < 4.78 is 12.4. The molecule has 8 heteroatoms. The molecule has 30 heavy (non-hydrogen) atoms. The van der Waals surface area contributed by atoms with Crippen LogP contribution in [0.15, 0.2) is 18.2 Å². The second-order valence-electron chi connectivity index (χ2n) is 9.95. The van der Waals surface area contributed by atoms with Crippen molar-refractivity contribution in [2.24, 2.45) is 11.7 Å². The number of nitrogens with one attached hydrogen (secondary N) is 1. The number of amides is 1. The van der Waals surface area contributed by atoms with Crippen LogP contribution in [0.3, 0.4) is 0 Å². The maximum Gasteiger partial charge on any atom is 0.494 e. The number of imidazole rings is 1. The van der Waals surface area contributed by atoms with E-state index in [-0.39, 0.29) is 29.1 Å². The highest BCUT2D eigenvalue weighted by Gasteiger charge is 2.51. The number of hydrogen-bond donors (Lipinski definition) is 2.